The van der Waals surface area contributed by atoms with E-state index in [-0.39, 0.29) is 12.0 Å². The first kappa shape index (κ1) is 21.5. The first-order chi connectivity index (χ1) is 16.1. The van der Waals surface area contributed by atoms with Gasteiger partial charge in [-0.05, 0) is 56.6 Å². The van der Waals surface area contributed by atoms with Gasteiger partial charge in [0.1, 0.15) is 5.82 Å². The minimum Gasteiger partial charge on any atom is -0.342 e. The van der Waals surface area contributed by atoms with Gasteiger partial charge in [0.15, 0.2) is 17.5 Å². The highest BCUT2D eigenvalue weighted by Gasteiger charge is 2.28. The Hall–Kier alpha value is -3.39. The van der Waals surface area contributed by atoms with Crippen LogP contribution in [0.15, 0.2) is 59.3 Å². The molecule has 1 aliphatic rings. The van der Waals surface area contributed by atoms with Gasteiger partial charge < -0.3 is 9.51 Å². The van der Waals surface area contributed by atoms with Gasteiger partial charge in [0.2, 0.25) is 5.89 Å². The molecule has 6 nitrogen and oxygen atoms in total. The van der Waals surface area contributed by atoms with Gasteiger partial charge in [-0.3, -0.25) is 4.90 Å². The number of imidazole rings is 1. The van der Waals surface area contributed by atoms with Gasteiger partial charge in [-0.2, -0.15) is 4.98 Å². The Bertz CT molecular complexity index is 1210. The molecule has 33 heavy (non-hydrogen) atoms. The van der Waals surface area contributed by atoms with E-state index in [0.29, 0.717) is 29.4 Å². The molecule has 0 bridgehead atoms. The molecular weight excluding hydrogens is 424 g/mol. The second kappa shape index (κ2) is 9.23. The van der Waals surface area contributed by atoms with Crippen LogP contribution in [0.3, 0.4) is 0 Å². The molecule has 1 fully saturated rings. The first-order valence-corrected chi connectivity index (χ1v) is 11.2. The van der Waals surface area contributed by atoms with Crippen molar-refractivity contribution in [1.29, 1.82) is 0 Å². The lowest BCUT2D eigenvalue weighted by Crippen LogP contribution is -2.35. The molecular formula is C25H25F2N5O. The summed E-state index contributed by atoms with van der Waals surface area (Å²) < 4.78 is 32.3. The van der Waals surface area contributed by atoms with E-state index >= 15 is 0 Å². The second-order valence-electron chi connectivity index (χ2n) is 8.51. The Labute approximate surface area is 190 Å². The number of halogens is 2. The fourth-order valence-corrected chi connectivity index (χ4v) is 4.36. The minimum atomic E-state index is -0.862. The van der Waals surface area contributed by atoms with Gasteiger partial charge in [0.25, 0.3) is 0 Å². The third-order valence-corrected chi connectivity index (χ3v) is 6.34. The number of H-pyrrole nitrogens is 1. The van der Waals surface area contributed by atoms with Gasteiger partial charge in [-0.15, -0.1) is 0 Å². The molecule has 1 N–H and O–H groups in total. The predicted octanol–water partition coefficient (Wildman–Crippen LogP) is 5.27. The molecule has 1 saturated heterocycles. The molecule has 5 rings (SSSR count). The van der Waals surface area contributed by atoms with E-state index in [9.17, 15) is 8.78 Å². The Kier molecular flexibility index (Phi) is 6.00. The van der Waals surface area contributed by atoms with Crippen molar-refractivity contribution in [2.75, 3.05) is 13.1 Å². The van der Waals surface area contributed by atoms with Gasteiger partial charge in [-0.25, -0.2) is 13.8 Å². The number of nitrogens with zero attached hydrogens (tertiary/aromatic N) is 4. The fourth-order valence-electron chi connectivity index (χ4n) is 4.36. The normalized spacial score (nSPS) is 16.2. The molecule has 1 atom stereocenters. The topological polar surface area (TPSA) is 70.8 Å². The molecule has 2 aromatic carbocycles. The zero-order valence-corrected chi connectivity index (χ0v) is 18.3. The van der Waals surface area contributed by atoms with Gasteiger partial charge in [-0.1, -0.05) is 35.5 Å². The number of hydrogen-bond donors (Lipinski definition) is 1. The number of nitrogens with one attached hydrogen (secondary N) is 1. The number of rotatable bonds is 6. The van der Waals surface area contributed by atoms with Crippen molar-refractivity contribution in [1.82, 2.24) is 25.0 Å². The maximum atomic E-state index is 13.6. The number of hydrogen-bond acceptors (Lipinski definition) is 5. The molecule has 8 heteroatoms. The summed E-state index contributed by atoms with van der Waals surface area (Å²) in [4.78, 5) is 14.8. The van der Waals surface area contributed by atoms with Crippen LogP contribution in [-0.2, 0) is 6.42 Å². The van der Waals surface area contributed by atoms with Gasteiger partial charge in [0, 0.05) is 17.9 Å². The summed E-state index contributed by atoms with van der Waals surface area (Å²) in [6.45, 7) is 3.85. The highest BCUT2D eigenvalue weighted by molar-refractivity contribution is 5.58. The van der Waals surface area contributed by atoms with E-state index in [4.69, 9.17) is 4.52 Å². The number of aromatic amines is 1. The zero-order valence-electron chi connectivity index (χ0n) is 18.3. The predicted molar refractivity (Wildman–Crippen MR) is 119 cm³/mol. The quantitative estimate of drug-likeness (QED) is 0.434. The smallest absolute Gasteiger partial charge is 0.243 e. The Morgan fingerprint density at radius 1 is 1.09 bits per heavy atom. The van der Waals surface area contributed by atoms with E-state index < -0.39 is 11.6 Å². The van der Waals surface area contributed by atoms with E-state index in [1.807, 2.05) is 18.2 Å². The van der Waals surface area contributed by atoms with Crippen LogP contribution in [-0.4, -0.2) is 38.1 Å². The molecule has 0 radical (unpaired) electrons. The van der Waals surface area contributed by atoms with Gasteiger partial charge >= 0.3 is 0 Å². The lowest BCUT2D eigenvalue weighted by atomic mass is 9.95. The van der Waals surface area contributed by atoms with Crippen molar-refractivity contribution in [3.63, 3.8) is 0 Å². The summed E-state index contributed by atoms with van der Waals surface area (Å²) in [6.07, 6.45) is 4.20. The summed E-state index contributed by atoms with van der Waals surface area (Å²) in [5, 5.41) is 4.16. The van der Waals surface area contributed by atoms with Gasteiger partial charge in [0.05, 0.1) is 17.9 Å². The molecule has 0 spiro atoms. The third-order valence-electron chi connectivity index (χ3n) is 6.34. The molecule has 170 valence electrons. The van der Waals surface area contributed by atoms with Crippen molar-refractivity contribution in [3.05, 3.63) is 89.5 Å². The number of likely N-dealkylation sites (tertiary alicyclic amines) is 1. The highest BCUT2D eigenvalue weighted by atomic mass is 19.2. The molecule has 0 saturated carbocycles. The van der Waals surface area contributed by atoms with E-state index in [0.717, 1.165) is 43.4 Å². The fraction of sp³-hybridized carbons (Fsp3) is 0.320. The van der Waals surface area contributed by atoms with Crippen LogP contribution >= 0.6 is 0 Å². The largest absolute Gasteiger partial charge is 0.342 e. The molecule has 0 aliphatic carbocycles. The van der Waals surface area contributed by atoms with Crippen LogP contribution < -0.4 is 0 Å². The van der Waals surface area contributed by atoms with E-state index in [1.54, 1.807) is 12.3 Å². The van der Waals surface area contributed by atoms with Crippen LogP contribution in [0.4, 0.5) is 8.78 Å². The number of benzene rings is 2. The molecule has 4 aromatic rings. The number of piperidine rings is 1. The third kappa shape index (κ3) is 4.71. The van der Waals surface area contributed by atoms with Crippen LogP contribution in [0.2, 0.25) is 0 Å². The van der Waals surface area contributed by atoms with Crippen molar-refractivity contribution >= 4 is 0 Å². The van der Waals surface area contributed by atoms with Crippen LogP contribution in [0.1, 0.15) is 54.8 Å². The standard InChI is InChI=1S/C25H25F2N5O/c1-16(25-30-23(31-33-25)13-17-5-3-2-4-6-17)32-11-9-18(10-12-32)24-28-15-22(29-24)19-7-8-20(26)21(27)14-19/h2-8,14-16,18H,9-13H2,1H3,(H,28,29)/t16-/m0/s1. The SMILES string of the molecule is C[C@@H](c1nc(Cc2ccccc2)no1)N1CCC(c2ncc(-c3ccc(F)c(F)c3)[nH]2)CC1. The van der Waals surface area contributed by atoms with Crippen molar-refractivity contribution in [2.24, 2.45) is 0 Å². The maximum absolute atomic E-state index is 13.6. The lowest BCUT2D eigenvalue weighted by molar-refractivity contribution is 0.135. The van der Waals surface area contributed by atoms with Crippen molar-refractivity contribution in [2.45, 2.75) is 38.1 Å². The van der Waals surface area contributed by atoms with Crippen LogP contribution in [0, 0.1) is 11.6 Å². The van der Waals surface area contributed by atoms with Crippen LogP contribution in [0.25, 0.3) is 11.3 Å². The molecule has 1 aliphatic heterocycles. The average molecular weight is 450 g/mol. The first-order valence-electron chi connectivity index (χ1n) is 11.2. The van der Waals surface area contributed by atoms with E-state index in [1.165, 1.54) is 6.07 Å². The maximum Gasteiger partial charge on any atom is 0.243 e. The molecule has 3 heterocycles. The van der Waals surface area contributed by atoms with E-state index in [2.05, 4.69) is 44.1 Å². The minimum absolute atomic E-state index is 0.0392. The summed E-state index contributed by atoms with van der Waals surface area (Å²) in [5.41, 5.74) is 2.43. The Balaban J connectivity index is 1.19. The Morgan fingerprint density at radius 3 is 2.64 bits per heavy atom. The molecule has 0 amide bonds. The molecule has 0 unspecified atom stereocenters. The summed E-state index contributed by atoms with van der Waals surface area (Å²) in [5.74, 6) is 0.775. The van der Waals surface area contributed by atoms with Crippen LogP contribution in [0.5, 0.6) is 0 Å². The summed E-state index contributed by atoms with van der Waals surface area (Å²) in [7, 11) is 0. The monoisotopic (exact) mass is 449 g/mol. The summed E-state index contributed by atoms with van der Waals surface area (Å²) >= 11 is 0. The second-order valence-corrected chi connectivity index (χ2v) is 8.51. The van der Waals surface area contributed by atoms with Crippen molar-refractivity contribution < 1.29 is 13.3 Å². The average Bonchev–Trinajstić information content (AvgIpc) is 3.52. The highest BCUT2D eigenvalue weighted by Crippen LogP contribution is 2.32. The Morgan fingerprint density at radius 2 is 1.88 bits per heavy atom. The zero-order chi connectivity index (χ0) is 22.8. The number of aromatic nitrogens is 4. The lowest BCUT2D eigenvalue weighted by Gasteiger charge is -2.33. The summed E-state index contributed by atoms with van der Waals surface area (Å²) in [6, 6.07) is 14.0. The van der Waals surface area contributed by atoms with Crippen molar-refractivity contribution in [3.8, 4) is 11.3 Å². The molecule has 2 aromatic heterocycles.